The second-order valence-corrected chi connectivity index (χ2v) is 10.6. The monoisotopic (exact) mass is 639 g/mol. The first-order valence-corrected chi connectivity index (χ1v) is 15.2. The summed E-state index contributed by atoms with van der Waals surface area (Å²) < 4.78 is 15.7. The molecule has 0 atom stereocenters. The molecule has 0 bridgehead atoms. The molecule has 0 fully saturated rings. The summed E-state index contributed by atoms with van der Waals surface area (Å²) in [5, 5.41) is 8.32. The highest BCUT2D eigenvalue weighted by Gasteiger charge is 2.17. The van der Waals surface area contributed by atoms with Crippen molar-refractivity contribution in [3.63, 3.8) is 0 Å². The quantitative estimate of drug-likeness (QED) is 0.0920. The van der Waals surface area contributed by atoms with E-state index in [1.165, 1.54) is 32.1 Å². The minimum atomic E-state index is -0.553. The first kappa shape index (κ1) is 33.3. The average Bonchev–Trinajstić information content (AvgIpc) is 3.08. The zero-order valence-corrected chi connectivity index (χ0v) is 26.3. The Hall–Kier alpha value is -5.55. The van der Waals surface area contributed by atoms with Crippen LogP contribution in [-0.2, 0) is 14.3 Å². The SMILES string of the molecule is CCOC(=O)c1ccc(NC(=O)CSc2ccc(NC(=O)/C(=C/c3cc(OC)ccc3OC)NC(=O)c3ccccc3)cc2)cc1. The Labute approximate surface area is 271 Å². The van der Waals surface area contributed by atoms with Crippen molar-refractivity contribution in [1.29, 1.82) is 0 Å². The van der Waals surface area contributed by atoms with Crippen LogP contribution >= 0.6 is 11.8 Å². The minimum Gasteiger partial charge on any atom is -0.497 e. The number of hydrogen-bond acceptors (Lipinski definition) is 8. The van der Waals surface area contributed by atoms with Gasteiger partial charge in [-0.15, -0.1) is 11.8 Å². The van der Waals surface area contributed by atoms with Gasteiger partial charge in [-0.2, -0.15) is 0 Å². The Kier molecular flexibility index (Phi) is 12.0. The van der Waals surface area contributed by atoms with Crippen LogP contribution in [0, 0.1) is 0 Å². The molecule has 46 heavy (non-hydrogen) atoms. The zero-order valence-electron chi connectivity index (χ0n) is 25.5. The van der Waals surface area contributed by atoms with E-state index in [0.717, 1.165) is 4.90 Å². The molecule has 0 saturated heterocycles. The molecule has 0 aliphatic rings. The molecule has 11 heteroatoms. The lowest BCUT2D eigenvalue weighted by molar-refractivity contribution is -0.114. The van der Waals surface area contributed by atoms with Gasteiger partial charge in [0.15, 0.2) is 0 Å². The summed E-state index contributed by atoms with van der Waals surface area (Å²) in [6.45, 7) is 2.02. The normalized spacial score (nSPS) is 10.8. The first-order chi connectivity index (χ1) is 22.3. The number of anilines is 2. The molecule has 4 aromatic rings. The number of benzene rings is 4. The maximum Gasteiger partial charge on any atom is 0.338 e. The maximum atomic E-state index is 13.5. The van der Waals surface area contributed by atoms with Crippen molar-refractivity contribution in [2.75, 3.05) is 37.2 Å². The van der Waals surface area contributed by atoms with Crippen LogP contribution in [0.3, 0.4) is 0 Å². The number of carbonyl (C=O) groups is 4. The second-order valence-electron chi connectivity index (χ2n) is 9.60. The van der Waals surface area contributed by atoms with Crippen LogP contribution in [0.2, 0.25) is 0 Å². The average molecular weight is 640 g/mol. The number of hydrogen-bond donors (Lipinski definition) is 3. The molecule has 0 radical (unpaired) electrons. The molecule has 236 valence electrons. The molecule has 0 aromatic heterocycles. The Morgan fingerprint density at radius 2 is 1.43 bits per heavy atom. The molecule has 10 nitrogen and oxygen atoms in total. The molecule has 4 aromatic carbocycles. The first-order valence-electron chi connectivity index (χ1n) is 14.2. The van der Waals surface area contributed by atoms with E-state index in [4.69, 9.17) is 14.2 Å². The number of methoxy groups -OCH3 is 2. The van der Waals surface area contributed by atoms with E-state index >= 15 is 0 Å². The summed E-state index contributed by atoms with van der Waals surface area (Å²) in [6.07, 6.45) is 1.52. The van der Waals surface area contributed by atoms with Gasteiger partial charge in [0.25, 0.3) is 11.8 Å². The largest absolute Gasteiger partial charge is 0.497 e. The molecule has 4 rings (SSSR count). The van der Waals surface area contributed by atoms with Gasteiger partial charge in [-0.1, -0.05) is 18.2 Å². The van der Waals surface area contributed by atoms with E-state index in [0.29, 0.717) is 39.6 Å². The van der Waals surface area contributed by atoms with Crippen LogP contribution in [0.25, 0.3) is 6.08 Å². The third kappa shape index (κ3) is 9.47. The van der Waals surface area contributed by atoms with Crippen LogP contribution in [0.4, 0.5) is 11.4 Å². The topological polar surface area (TPSA) is 132 Å². The number of ether oxygens (including phenoxy) is 3. The zero-order chi connectivity index (χ0) is 32.9. The van der Waals surface area contributed by atoms with Gasteiger partial charge in [0, 0.05) is 27.4 Å². The fourth-order valence-corrected chi connectivity index (χ4v) is 4.83. The van der Waals surface area contributed by atoms with Crippen LogP contribution < -0.4 is 25.4 Å². The van der Waals surface area contributed by atoms with Crippen LogP contribution in [0.1, 0.15) is 33.2 Å². The van der Waals surface area contributed by atoms with E-state index in [9.17, 15) is 19.2 Å². The molecule has 0 unspecified atom stereocenters. The van der Waals surface area contributed by atoms with Crippen molar-refractivity contribution in [3.8, 4) is 11.5 Å². The van der Waals surface area contributed by atoms with E-state index in [2.05, 4.69) is 16.0 Å². The van der Waals surface area contributed by atoms with Crippen molar-refractivity contribution in [1.82, 2.24) is 5.32 Å². The van der Waals surface area contributed by atoms with Gasteiger partial charge in [0.2, 0.25) is 5.91 Å². The summed E-state index contributed by atoms with van der Waals surface area (Å²) in [7, 11) is 3.04. The van der Waals surface area contributed by atoms with Crippen LogP contribution in [-0.4, -0.2) is 50.3 Å². The Morgan fingerprint density at radius 1 is 0.761 bits per heavy atom. The fourth-order valence-electron chi connectivity index (χ4n) is 4.13. The summed E-state index contributed by atoms with van der Waals surface area (Å²) in [4.78, 5) is 51.5. The molecule has 0 spiro atoms. The molecular formula is C35H33N3O7S. The predicted octanol–water partition coefficient (Wildman–Crippen LogP) is 6.02. The highest BCUT2D eigenvalue weighted by molar-refractivity contribution is 8.00. The van der Waals surface area contributed by atoms with Crippen LogP contribution in [0.15, 0.2) is 108 Å². The van der Waals surface area contributed by atoms with Crippen molar-refractivity contribution in [2.24, 2.45) is 0 Å². The van der Waals surface area contributed by atoms with E-state index in [1.807, 2.05) is 0 Å². The van der Waals surface area contributed by atoms with E-state index < -0.39 is 17.8 Å². The van der Waals surface area contributed by atoms with Crippen LogP contribution in [0.5, 0.6) is 11.5 Å². The van der Waals surface area contributed by atoms with Gasteiger partial charge in [0.05, 0.1) is 32.1 Å². The van der Waals surface area contributed by atoms with Gasteiger partial charge in [0.1, 0.15) is 17.2 Å². The molecule has 0 aliphatic heterocycles. The minimum absolute atomic E-state index is 0.00850. The summed E-state index contributed by atoms with van der Waals surface area (Å²) in [5.41, 5.74) is 2.36. The lowest BCUT2D eigenvalue weighted by Crippen LogP contribution is -2.30. The second kappa shape index (κ2) is 16.5. The van der Waals surface area contributed by atoms with Crippen molar-refractivity contribution in [2.45, 2.75) is 11.8 Å². The Bertz CT molecular complexity index is 1710. The summed E-state index contributed by atoms with van der Waals surface area (Å²) >= 11 is 1.32. The lowest BCUT2D eigenvalue weighted by Gasteiger charge is -2.13. The fraction of sp³-hybridized carbons (Fsp3) is 0.143. The maximum absolute atomic E-state index is 13.5. The van der Waals surface area contributed by atoms with Gasteiger partial charge in [-0.3, -0.25) is 14.4 Å². The lowest BCUT2D eigenvalue weighted by atomic mass is 10.1. The van der Waals surface area contributed by atoms with Gasteiger partial charge >= 0.3 is 5.97 Å². The van der Waals surface area contributed by atoms with Gasteiger partial charge in [-0.05, 0) is 91.9 Å². The number of carbonyl (C=O) groups excluding carboxylic acids is 4. The van der Waals surface area contributed by atoms with Gasteiger partial charge < -0.3 is 30.2 Å². The molecule has 0 saturated carbocycles. The molecule has 3 amide bonds. The van der Waals surface area contributed by atoms with E-state index in [-0.39, 0.29) is 24.0 Å². The molecule has 3 N–H and O–H groups in total. The van der Waals surface area contributed by atoms with Crippen molar-refractivity contribution in [3.05, 3.63) is 119 Å². The Morgan fingerprint density at radius 3 is 2.09 bits per heavy atom. The van der Waals surface area contributed by atoms with Gasteiger partial charge in [-0.25, -0.2) is 4.79 Å². The number of rotatable bonds is 13. The number of thioether (sulfide) groups is 1. The molecule has 0 heterocycles. The Balaban J connectivity index is 1.41. The number of nitrogens with one attached hydrogen (secondary N) is 3. The third-order valence-electron chi connectivity index (χ3n) is 6.43. The highest BCUT2D eigenvalue weighted by atomic mass is 32.2. The molecular weight excluding hydrogens is 606 g/mol. The highest BCUT2D eigenvalue weighted by Crippen LogP contribution is 2.27. The predicted molar refractivity (Wildman–Crippen MR) is 178 cm³/mol. The van der Waals surface area contributed by atoms with Crippen molar-refractivity contribution < 1.29 is 33.4 Å². The van der Waals surface area contributed by atoms with Crippen molar-refractivity contribution >= 4 is 52.9 Å². The standard InChI is InChI=1S/C35H33N3O7S/c1-4-45-35(42)24-10-12-26(13-11-24)36-32(39)22-46-29-17-14-27(15-18-29)37-34(41)30(38-33(40)23-8-6-5-7-9-23)21-25-20-28(43-2)16-19-31(25)44-3/h5-21H,4,22H2,1-3H3,(H,36,39)(H,37,41)(H,38,40)/b30-21-. The molecule has 0 aliphatic carbocycles. The number of esters is 1. The number of amides is 3. The smallest absolute Gasteiger partial charge is 0.338 e. The summed E-state index contributed by atoms with van der Waals surface area (Å²) in [6, 6.07) is 27.1. The third-order valence-corrected chi connectivity index (χ3v) is 7.44. The van der Waals surface area contributed by atoms with E-state index in [1.54, 1.807) is 104 Å². The summed E-state index contributed by atoms with van der Waals surface area (Å²) in [5.74, 6) is -0.465.